The molecule has 1 aromatic carbocycles. The number of para-hydroxylation sites is 1. The van der Waals surface area contributed by atoms with Gasteiger partial charge in [-0.25, -0.2) is 4.79 Å². The molecule has 0 spiro atoms. The van der Waals surface area contributed by atoms with Crippen LogP contribution >= 0.6 is 7.92 Å². The van der Waals surface area contributed by atoms with Gasteiger partial charge in [-0.15, -0.1) is 0 Å². The predicted molar refractivity (Wildman–Crippen MR) is 86.3 cm³/mol. The number of nitrogens with zero attached hydrogens (tertiary/aromatic N) is 1. The van der Waals surface area contributed by atoms with Gasteiger partial charge < -0.3 is 10.6 Å². The monoisotopic (exact) mass is 287 g/mol. The van der Waals surface area contributed by atoms with Crippen LogP contribution in [0.15, 0.2) is 48.7 Å². The summed E-state index contributed by atoms with van der Waals surface area (Å²) in [5.41, 5.74) is 2.54. The Kier molecular flexibility index (Phi) is 5.08. The highest BCUT2D eigenvalue weighted by molar-refractivity contribution is 7.64. The zero-order valence-electron chi connectivity index (χ0n) is 11.6. The molecule has 2 N–H and O–H groups in total. The van der Waals surface area contributed by atoms with Gasteiger partial charge in [0.2, 0.25) is 0 Å². The average molecular weight is 287 g/mol. The number of benzene rings is 1. The van der Waals surface area contributed by atoms with Crippen molar-refractivity contribution in [2.45, 2.75) is 6.92 Å². The summed E-state index contributed by atoms with van der Waals surface area (Å²) in [5, 5.41) is 5.68. The first-order valence-electron chi connectivity index (χ1n) is 6.50. The summed E-state index contributed by atoms with van der Waals surface area (Å²) in [6.07, 6.45) is 2.81. The van der Waals surface area contributed by atoms with E-state index in [0.29, 0.717) is 0 Å². The smallest absolute Gasteiger partial charge is 0.308 e. The SMILES string of the molecule is CCP(C)c1ncccc1NC(=O)Nc1ccccc1. The molecule has 0 saturated carbocycles. The molecule has 0 saturated heterocycles. The summed E-state index contributed by atoms with van der Waals surface area (Å²) in [6, 6.07) is 12.9. The molecule has 0 radical (unpaired) electrons. The van der Waals surface area contributed by atoms with Crippen LogP contribution in [0.3, 0.4) is 0 Å². The third-order valence-electron chi connectivity index (χ3n) is 2.90. The molecule has 4 nitrogen and oxygen atoms in total. The predicted octanol–water partition coefficient (Wildman–Crippen LogP) is 3.48. The quantitative estimate of drug-likeness (QED) is 0.846. The summed E-state index contributed by atoms with van der Waals surface area (Å²) in [4.78, 5) is 16.4. The van der Waals surface area contributed by atoms with Crippen molar-refractivity contribution >= 4 is 30.8 Å². The number of pyridine rings is 1. The van der Waals surface area contributed by atoms with Crippen molar-refractivity contribution in [3.63, 3.8) is 0 Å². The Labute approximate surface area is 120 Å². The van der Waals surface area contributed by atoms with Crippen molar-refractivity contribution in [1.29, 1.82) is 0 Å². The fourth-order valence-electron chi connectivity index (χ4n) is 1.75. The number of rotatable bonds is 4. The summed E-state index contributed by atoms with van der Waals surface area (Å²) in [5.74, 6) is 0. The second-order valence-corrected chi connectivity index (χ2v) is 6.79. The van der Waals surface area contributed by atoms with Gasteiger partial charge in [-0.3, -0.25) is 4.98 Å². The lowest BCUT2D eigenvalue weighted by molar-refractivity contribution is 0.262. The lowest BCUT2D eigenvalue weighted by atomic mass is 10.3. The van der Waals surface area contributed by atoms with Crippen LogP contribution in [0.5, 0.6) is 0 Å². The van der Waals surface area contributed by atoms with Gasteiger partial charge in [0.05, 0.1) is 11.1 Å². The maximum Gasteiger partial charge on any atom is 0.323 e. The van der Waals surface area contributed by atoms with Crippen LogP contribution in [-0.2, 0) is 0 Å². The normalized spacial score (nSPS) is 11.7. The highest BCUT2D eigenvalue weighted by Gasteiger charge is 2.12. The Morgan fingerprint density at radius 2 is 1.90 bits per heavy atom. The van der Waals surface area contributed by atoms with Gasteiger partial charge in [0.15, 0.2) is 0 Å². The molecule has 104 valence electrons. The number of carbonyl (C=O) groups excluding carboxylic acids is 1. The number of hydrogen-bond acceptors (Lipinski definition) is 2. The van der Waals surface area contributed by atoms with Gasteiger partial charge in [0.1, 0.15) is 0 Å². The van der Waals surface area contributed by atoms with Crippen LogP contribution in [-0.4, -0.2) is 23.8 Å². The summed E-state index contributed by atoms with van der Waals surface area (Å²) in [6.45, 7) is 4.30. The standard InChI is InChI=1S/C15H18N3OP/c1-3-20(2)14-13(10-7-11-16-14)18-15(19)17-12-8-5-4-6-9-12/h4-11H,3H2,1-2H3,(H2,17,18,19). The molecule has 1 atom stereocenters. The Hall–Kier alpha value is -1.93. The van der Waals surface area contributed by atoms with Gasteiger partial charge in [0.25, 0.3) is 0 Å². The fourth-order valence-corrected chi connectivity index (χ4v) is 2.86. The first-order chi connectivity index (χ1) is 9.70. The van der Waals surface area contributed by atoms with E-state index >= 15 is 0 Å². The molecule has 0 fully saturated rings. The number of urea groups is 1. The van der Waals surface area contributed by atoms with E-state index in [-0.39, 0.29) is 14.0 Å². The minimum absolute atomic E-state index is 0.245. The van der Waals surface area contributed by atoms with E-state index < -0.39 is 0 Å². The zero-order valence-corrected chi connectivity index (χ0v) is 12.5. The number of hydrogen-bond donors (Lipinski definition) is 2. The summed E-state index contributed by atoms with van der Waals surface area (Å²) in [7, 11) is -0.338. The number of carbonyl (C=O) groups is 1. The van der Waals surface area contributed by atoms with Gasteiger partial charge in [-0.05, 0) is 37.1 Å². The van der Waals surface area contributed by atoms with Crippen molar-refractivity contribution in [1.82, 2.24) is 4.98 Å². The average Bonchev–Trinajstić information content (AvgIpc) is 2.48. The van der Waals surface area contributed by atoms with Crippen molar-refractivity contribution in [3.05, 3.63) is 48.7 Å². The molecule has 0 aliphatic heterocycles. The highest BCUT2D eigenvalue weighted by Crippen LogP contribution is 2.30. The first kappa shape index (κ1) is 14.5. The third kappa shape index (κ3) is 3.78. The first-order valence-corrected chi connectivity index (χ1v) is 8.47. The molecule has 2 amide bonds. The molecular weight excluding hydrogens is 269 g/mol. The molecule has 1 heterocycles. The van der Waals surface area contributed by atoms with Crippen molar-refractivity contribution < 1.29 is 4.79 Å². The lowest BCUT2D eigenvalue weighted by Gasteiger charge is -2.15. The molecule has 5 heteroatoms. The van der Waals surface area contributed by atoms with E-state index in [1.165, 1.54) is 0 Å². The van der Waals surface area contributed by atoms with E-state index in [1.807, 2.05) is 42.5 Å². The Balaban J connectivity index is 2.08. The molecule has 20 heavy (non-hydrogen) atoms. The largest absolute Gasteiger partial charge is 0.323 e. The number of aromatic nitrogens is 1. The molecular formula is C15H18N3OP. The van der Waals surface area contributed by atoms with Gasteiger partial charge in [-0.1, -0.05) is 33.0 Å². The molecule has 1 aromatic heterocycles. The van der Waals surface area contributed by atoms with Crippen molar-refractivity contribution in [2.75, 3.05) is 23.5 Å². The highest BCUT2D eigenvalue weighted by atomic mass is 31.1. The van der Waals surface area contributed by atoms with Gasteiger partial charge >= 0.3 is 6.03 Å². The summed E-state index contributed by atoms with van der Waals surface area (Å²) >= 11 is 0. The zero-order chi connectivity index (χ0) is 14.4. The van der Waals surface area contributed by atoms with Gasteiger partial charge in [0, 0.05) is 11.9 Å². The molecule has 2 rings (SSSR count). The van der Waals surface area contributed by atoms with Crippen molar-refractivity contribution in [3.8, 4) is 0 Å². The summed E-state index contributed by atoms with van der Waals surface area (Å²) < 4.78 is 0. The van der Waals surface area contributed by atoms with Crippen LogP contribution in [0.2, 0.25) is 0 Å². The van der Waals surface area contributed by atoms with E-state index in [9.17, 15) is 4.79 Å². The molecule has 0 bridgehead atoms. The molecule has 2 aromatic rings. The maximum absolute atomic E-state index is 12.0. The van der Waals surface area contributed by atoms with Crippen LogP contribution in [0.1, 0.15) is 6.92 Å². The van der Waals surface area contributed by atoms with E-state index in [0.717, 1.165) is 23.0 Å². The van der Waals surface area contributed by atoms with Gasteiger partial charge in [-0.2, -0.15) is 0 Å². The van der Waals surface area contributed by atoms with Crippen molar-refractivity contribution in [2.24, 2.45) is 0 Å². The fraction of sp³-hybridized carbons (Fsp3) is 0.200. The van der Waals surface area contributed by atoms with Crippen LogP contribution in [0.25, 0.3) is 0 Å². The number of nitrogens with one attached hydrogen (secondary N) is 2. The maximum atomic E-state index is 12.0. The Morgan fingerprint density at radius 3 is 2.60 bits per heavy atom. The number of anilines is 2. The Morgan fingerprint density at radius 1 is 1.15 bits per heavy atom. The minimum atomic E-state index is -0.338. The van der Waals surface area contributed by atoms with Crippen LogP contribution in [0, 0.1) is 0 Å². The number of amides is 2. The molecule has 0 aliphatic carbocycles. The minimum Gasteiger partial charge on any atom is -0.308 e. The van der Waals surface area contributed by atoms with E-state index in [2.05, 4.69) is 29.2 Å². The molecule has 1 unspecified atom stereocenters. The van der Waals surface area contributed by atoms with E-state index in [4.69, 9.17) is 0 Å². The second-order valence-electron chi connectivity index (χ2n) is 4.33. The second kappa shape index (κ2) is 7.01. The Bertz CT molecular complexity index is 574. The topological polar surface area (TPSA) is 54.0 Å². The van der Waals surface area contributed by atoms with Crippen LogP contribution < -0.4 is 16.1 Å². The van der Waals surface area contributed by atoms with Crippen LogP contribution in [0.4, 0.5) is 16.2 Å². The van der Waals surface area contributed by atoms with E-state index in [1.54, 1.807) is 6.20 Å². The lowest BCUT2D eigenvalue weighted by Crippen LogP contribution is -2.24. The molecule has 0 aliphatic rings. The third-order valence-corrected chi connectivity index (χ3v) is 4.93.